The molecule has 0 aromatic carbocycles. The predicted molar refractivity (Wildman–Crippen MR) is 43.3 cm³/mol. The van der Waals surface area contributed by atoms with E-state index in [-0.39, 0.29) is 0 Å². The average Bonchev–Trinajstić information content (AvgIpc) is 2.20. The molecule has 15 heavy (non-hydrogen) atoms. The molecule has 1 rings (SSSR count). The van der Waals surface area contributed by atoms with Crippen molar-refractivity contribution >= 4 is 5.97 Å². The number of hydrogen-bond acceptors (Lipinski definition) is 3. The molecule has 0 aliphatic carbocycles. The molecular weight excluding hydrogens is 215 g/mol. The molecule has 0 aliphatic rings. The number of ether oxygens (including phenoxy) is 1. The Morgan fingerprint density at radius 1 is 1.53 bits per heavy atom. The van der Waals surface area contributed by atoms with E-state index in [1.165, 1.54) is 0 Å². The number of carbonyl (C=O) groups is 1. The fourth-order valence-electron chi connectivity index (χ4n) is 0.997. The molecule has 1 N–H and O–H groups in total. The Morgan fingerprint density at radius 3 is 2.60 bits per heavy atom. The number of halogens is 3. The number of rotatable bonds is 2. The summed E-state index contributed by atoms with van der Waals surface area (Å²) in [6.07, 6.45) is -2.62. The van der Waals surface area contributed by atoms with Crippen LogP contribution in [0.4, 0.5) is 13.2 Å². The summed E-state index contributed by atoms with van der Waals surface area (Å²) in [7, 11) is 0.905. The van der Waals surface area contributed by atoms with E-state index in [0.717, 1.165) is 7.11 Å². The summed E-state index contributed by atoms with van der Waals surface area (Å²) in [5.41, 5.74) is -3.36. The van der Waals surface area contributed by atoms with E-state index < -0.39 is 34.9 Å². The summed E-state index contributed by atoms with van der Waals surface area (Å²) >= 11 is 0. The van der Waals surface area contributed by atoms with Crippen LogP contribution in [0.3, 0.4) is 0 Å². The number of esters is 1. The van der Waals surface area contributed by atoms with Gasteiger partial charge in [0.25, 0.3) is 6.43 Å². The molecule has 0 unspecified atom stereocenters. The first-order chi connectivity index (χ1) is 6.99. The van der Waals surface area contributed by atoms with Gasteiger partial charge in [0.2, 0.25) is 5.43 Å². The number of alkyl halides is 2. The Morgan fingerprint density at radius 2 is 2.13 bits per heavy atom. The smallest absolute Gasteiger partial charge is 0.343 e. The van der Waals surface area contributed by atoms with Crippen molar-refractivity contribution in [3.63, 3.8) is 0 Å². The quantitative estimate of drug-likeness (QED) is 0.764. The van der Waals surface area contributed by atoms with Gasteiger partial charge in [-0.1, -0.05) is 0 Å². The second-order valence-corrected chi connectivity index (χ2v) is 2.55. The van der Waals surface area contributed by atoms with Crippen molar-refractivity contribution in [1.82, 2.24) is 4.98 Å². The van der Waals surface area contributed by atoms with Crippen LogP contribution in [0.1, 0.15) is 22.5 Å². The molecule has 4 nitrogen and oxygen atoms in total. The monoisotopic (exact) mass is 221 g/mol. The fraction of sp³-hybridized carbons (Fsp3) is 0.250. The largest absolute Gasteiger partial charge is 0.465 e. The highest BCUT2D eigenvalue weighted by atomic mass is 19.3. The normalized spacial score (nSPS) is 10.5. The Hall–Kier alpha value is -1.79. The lowest BCUT2D eigenvalue weighted by Crippen LogP contribution is -2.23. The van der Waals surface area contributed by atoms with E-state index in [2.05, 4.69) is 4.74 Å². The van der Waals surface area contributed by atoms with Gasteiger partial charge >= 0.3 is 5.97 Å². The molecule has 0 spiro atoms. The number of pyridine rings is 1. The average molecular weight is 221 g/mol. The maximum Gasteiger partial charge on any atom is 0.343 e. The highest BCUT2D eigenvalue weighted by Crippen LogP contribution is 2.18. The van der Waals surface area contributed by atoms with Crippen LogP contribution < -0.4 is 5.43 Å². The SMILES string of the molecule is COC(=O)c1c(C(F)F)[nH]cc(F)c1=O. The van der Waals surface area contributed by atoms with E-state index in [9.17, 15) is 22.8 Å². The van der Waals surface area contributed by atoms with Gasteiger partial charge in [-0.3, -0.25) is 4.79 Å². The fourth-order valence-corrected chi connectivity index (χ4v) is 0.997. The number of hydrogen-bond donors (Lipinski definition) is 1. The van der Waals surface area contributed by atoms with Gasteiger partial charge in [0.1, 0.15) is 11.3 Å². The van der Waals surface area contributed by atoms with Crippen molar-refractivity contribution in [2.75, 3.05) is 7.11 Å². The van der Waals surface area contributed by atoms with Gasteiger partial charge in [0.15, 0.2) is 5.82 Å². The second-order valence-electron chi connectivity index (χ2n) is 2.55. The molecule has 0 fully saturated rings. The molecule has 0 radical (unpaired) electrons. The maximum absolute atomic E-state index is 12.7. The van der Waals surface area contributed by atoms with Crippen LogP contribution in [0, 0.1) is 5.82 Å². The van der Waals surface area contributed by atoms with Gasteiger partial charge in [0, 0.05) is 6.20 Å². The Labute approximate surface area is 81.7 Å². The third kappa shape index (κ3) is 2.00. The minimum atomic E-state index is -3.09. The standard InChI is InChI=1S/C8H6F3NO3/c1-15-8(14)4-5(7(10)11)12-2-3(9)6(4)13/h2,7H,1H3,(H,12,13). The van der Waals surface area contributed by atoms with Gasteiger partial charge in [-0.05, 0) is 0 Å². The lowest BCUT2D eigenvalue weighted by Gasteiger charge is -2.05. The molecule has 0 amide bonds. The zero-order valence-corrected chi connectivity index (χ0v) is 7.51. The van der Waals surface area contributed by atoms with Crippen LogP contribution >= 0.6 is 0 Å². The molecule has 1 aromatic rings. The molecule has 1 aromatic heterocycles. The summed E-state index contributed by atoms with van der Waals surface area (Å²) in [6.45, 7) is 0. The van der Waals surface area contributed by atoms with Crippen molar-refractivity contribution in [2.24, 2.45) is 0 Å². The summed E-state index contributed by atoms with van der Waals surface area (Å²) in [6, 6.07) is 0. The van der Waals surface area contributed by atoms with E-state index in [4.69, 9.17) is 0 Å². The number of H-pyrrole nitrogens is 1. The van der Waals surface area contributed by atoms with Gasteiger partial charge in [-0.25, -0.2) is 18.0 Å². The third-order valence-corrected chi connectivity index (χ3v) is 1.68. The minimum absolute atomic E-state index is 0.469. The topological polar surface area (TPSA) is 59.2 Å². The molecular formula is C8H6F3NO3. The second kappa shape index (κ2) is 4.16. The van der Waals surface area contributed by atoms with Crippen molar-refractivity contribution in [1.29, 1.82) is 0 Å². The maximum atomic E-state index is 12.7. The van der Waals surface area contributed by atoms with Crippen LogP contribution in [-0.2, 0) is 4.74 Å². The van der Waals surface area contributed by atoms with Gasteiger partial charge < -0.3 is 9.72 Å². The number of nitrogens with one attached hydrogen (secondary N) is 1. The van der Waals surface area contributed by atoms with Gasteiger partial charge in [-0.15, -0.1) is 0 Å². The van der Waals surface area contributed by atoms with Crippen LogP contribution in [0.5, 0.6) is 0 Å². The molecule has 1 heterocycles. The third-order valence-electron chi connectivity index (χ3n) is 1.68. The van der Waals surface area contributed by atoms with Crippen LogP contribution in [0.25, 0.3) is 0 Å². The summed E-state index contributed by atoms with van der Waals surface area (Å²) in [5.74, 6) is -2.62. The predicted octanol–water partition coefficient (Wildman–Crippen LogP) is 1.24. The first-order valence-corrected chi connectivity index (χ1v) is 3.76. The highest BCUT2D eigenvalue weighted by Gasteiger charge is 2.24. The van der Waals surface area contributed by atoms with Crippen LogP contribution in [0.2, 0.25) is 0 Å². The number of carbonyl (C=O) groups excluding carboxylic acids is 1. The Balaban J connectivity index is 3.49. The zero-order valence-electron chi connectivity index (χ0n) is 7.51. The molecule has 0 atom stereocenters. The lowest BCUT2D eigenvalue weighted by atomic mass is 10.2. The number of aromatic nitrogens is 1. The molecule has 7 heteroatoms. The summed E-state index contributed by atoms with van der Waals surface area (Å²) in [5, 5.41) is 0. The van der Waals surface area contributed by atoms with Crippen molar-refractivity contribution in [2.45, 2.75) is 6.43 Å². The molecule has 0 bridgehead atoms. The Bertz CT molecular complexity index is 441. The minimum Gasteiger partial charge on any atom is -0.465 e. The first-order valence-electron chi connectivity index (χ1n) is 3.76. The zero-order chi connectivity index (χ0) is 11.6. The van der Waals surface area contributed by atoms with E-state index >= 15 is 0 Å². The molecule has 0 saturated carbocycles. The number of aromatic amines is 1. The first kappa shape index (κ1) is 11.3. The van der Waals surface area contributed by atoms with Crippen molar-refractivity contribution in [3.05, 3.63) is 33.5 Å². The highest BCUT2D eigenvalue weighted by molar-refractivity contribution is 5.90. The van der Waals surface area contributed by atoms with Crippen LogP contribution in [-0.4, -0.2) is 18.1 Å². The van der Waals surface area contributed by atoms with E-state index in [0.29, 0.717) is 6.20 Å². The van der Waals surface area contributed by atoms with Crippen molar-refractivity contribution in [3.8, 4) is 0 Å². The molecule has 0 saturated heterocycles. The van der Waals surface area contributed by atoms with Gasteiger partial charge in [-0.2, -0.15) is 0 Å². The molecule has 0 aliphatic heterocycles. The summed E-state index contributed by atoms with van der Waals surface area (Å²) in [4.78, 5) is 23.9. The number of methoxy groups -OCH3 is 1. The van der Waals surface area contributed by atoms with Crippen LogP contribution in [0.15, 0.2) is 11.0 Å². The van der Waals surface area contributed by atoms with Gasteiger partial charge in [0.05, 0.1) is 7.11 Å². The lowest BCUT2D eigenvalue weighted by molar-refractivity contribution is 0.0584. The van der Waals surface area contributed by atoms with E-state index in [1.54, 1.807) is 0 Å². The van der Waals surface area contributed by atoms with Crippen molar-refractivity contribution < 1.29 is 22.7 Å². The Kier molecular flexibility index (Phi) is 3.13. The van der Waals surface area contributed by atoms with E-state index in [1.807, 2.05) is 4.98 Å². The molecule has 82 valence electrons. The summed E-state index contributed by atoms with van der Waals surface area (Å²) < 4.78 is 41.5.